The Morgan fingerprint density at radius 2 is 1.74 bits per heavy atom. The third kappa shape index (κ3) is 5.17. The molecule has 0 saturated carbocycles. The van der Waals surface area contributed by atoms with Crippen LogP contribution in [0.1, 0.15) is 5.56 Å². The van der Waals surface area contributed by atoms with E-state index in [4.69, 9.17) is 5.73 Å². The van der Waals surface area contributed by atoms with Gasteiger partial charge in [-0.15, -0.1) is 13.2 Å². The number of ether oxygens (including phenoxy) is 1. The molecule has 23 heavy (non-hydrogen) atoms. The maximum atomic E-state index is 13.4. The van der Waals surface area contributed by atoms with E-state index < -0.39 is 17.9 Å². The molecule has 0 bridgehead atoms. The Kier molecular flexibility index (Phi) is 5.05. The van der Waals surface area contributed by atoms with E-state index in [0.29, 0.717) is 5.56 Å². The fourth-order valence-electron chi connectivity index (χ4n) is 1.76. The molecule has 4 nitrogen and oxygen atoms in total. The van der Waals surface area contributed by atoms with Crippen LogP contribution in [0.15, 0.2) is 53.5 Å². The molecule has 0 aliphatic heterocycles. The van der Waals surface area contributed by atoms with Gasteiger partial charge in [0.1, 0.15) is 5.82 Å². The van der Waals surface area contributed by atoms with Crippen molar-refractivity contribution in [3.63, 3.8) is 0 Å². The average molecular weight is 327 g/mol. The highest BCUT2D eigenvalue weighted by Crippen LogP contribution is 2.29. The van der Waals surface area contributed by atoms with Gasteiger partial charge in [0, 0.05) is 5.56 Å². The first-order chi connectivity index (χ1) is 10.8. The van der Waals surface area contributed by atoms with Gasteiger partial charge in [0.15, 0.2) is 11.7 Å². The fraction of sp³-hybridized carbons (Fsp3) is 0.133. The normalized spacial score (nSPS) is 12.1. The lowest BCUT2D eigenvalue weighted by molar-refractivity contribution is -0.274. The maximum absolute atomic E-state index is 13.4. The molecular formula is C15H13F4N3O. The zero-order valence-corrected chi connectivity index (χ0v) is 11.8. The third-order valence-electron chi connectivity index (χ3n) is 2.75. The lowest BCUT2D eigenvalue weighted by Gasteiger charge is -2.14. The van der Waals surface area contributed by atoms with Gasteiger partial charge in [-0.3, -0.25) is 0 Å². The summed E-state index contributed by atoms with van der Waals surface area (Å²) >= 11 is 0. The molecule has 122 valence electrons. The van der Waals surface area contributed by atoms with E-state index in [2.05, 4.69) is 15.0 Å². The monoisotopic (exact) mass is 327 g/mol. The van der Waals surface area contributed by atoms with Crippen LogP contribution in [-0.2, 0) is 6.54 Å². The Labute approximate surface area is 129 Å². The molecule has 3 N–H and O–H groups in total. The smallest absolute Gasteiger partial charge is 0.404 e. The van der Waals surface area contributed by atoms with Crippen molar-refractivity contribution in [3.05, 3.63) is 59.9 Å². The molecule has 0 fully saturated rings. The van der Waals surface area contributed by atoms with E-state index in [0.717, 1.165) is 6.07 Å². The number of para-hydroxylation sites is 2. The first-order valence-corrected chi connectivity index (χ1v) is 6.50. The molecular weight excluding hydrogens is 314 g/mol. The molecule has 0 aliphatic rings. The molecule has 0 spiro atoms. The van der Waals surface area contributed by atoms with E-state index in [1.165, 1.54) is 36.4 Å². The molecule has 0 amide bonds. The number of anilines is 1. The summed E-state index contributed by atoms with van der Waals surface area (Å²) in [6.45, 7) is -0.0478. The van der Waals surface area contributed by atoms with Gasteiger partial charge in [0.25, 0.3) is 0 Å². The minimum Gasteiger partial charge on any atom is -0.404 e. The summed E-state index contributed by atoms with van der Waals surface area (Å²) in [4.78, 5) is 3.89. The highest BCUT2D eigenvalue weighted by Gasteiger charge is 2.32. The molecule has 0 heterocycles. The number of alkyl halides is 3. The Balaban J connectivity index is 2.10. The zero-order chi connectivity index (χ0) is 16.9. The molecule has 2 aromatic carbocycles. The summed E-state index contributed by atoms with van der Waals surface area (Å²) in [7, 11) is 0. The van der Waals surface area contributed by atoms with Gasteiger partial charge >= 0.3 is 6.36 Å². The van der Waals surface area contributed by atoms with Crippen LogP contribution < -0.4 is 15.8 Å². The summed E-state index contributed by atoms with van der Waals surface area (Å²) < 4.78 is 54.3. The summed E-state index contributed by atoms with van der Waals surface area (Å²) in [5.41, 5.74) is 5.93. The third-order valence-corrected chi connectivity index (χ3v) is 2.75. The largest absolute Gasteiger partial charge is 0.573 e. The molecule has 8 heteroatoms. The topological polar surface area (TPSA) is 59.6 Å². The van der Waals surface area contributed by atoms with Crippen LogP contribution in [-0.4, -0.2) is 12.3 Å². The van der Waals surface area contributed by atoms with Crippen molar-refractivity contribution in [2.24, 2.45) is 10.7 Å². The predicted octanol–water partition coefficient (Wildman–Crippen LogP) is 3.65. The summed E-state index contributed by atoms with van der Waals surface area (Å²) in [5.74, 6) is -1.04. The van der Waals surface area contributed by atoms with Crippen LogP contribution in [0.2, 0.25) is 0 Å². The van der Waals surface area contributed by atoms with Crippen LogP contribution >= 0.6 is 0 Å². The minimum absolute atomic E-state index is 0.000362. The van der Waals surface area contributed by atoms with E-state index in [9.17, 15) is 17.6 Å². The second-order valence-electron chi connectivity index (χ2n) is 4.46. The number of guanidine groups is 1. The van der Waals surface area contributed by atoms with Crippen molar-refractivity contribution in [1.82, 2.24) is 0 Å². The quantitative estimate of drug-likeness (QED) is 0.512. The van der Waals surface area contributed by atoms with E-state index in [-0.39, 0.29) is 18.2 Å². The van der Waals surface area contributed by atoms with Gasteiger partial charge in [0.2, 0.25) is 0 Å². The SMILES string of the molecule is NC(=NCc1ccccc1F)Nc1ccccc1OC(F)(F)F. The van der Waals surface area contributed by atoms with E-state index in [1.807, 2.05) is 0 Å². The number of hydrogen-bond donors (Lipinski definition) is 2. The molecule has 0 saturated heterocycles. The number of nitrogens with two attached hydrogens (primary N) is 1. The van der Waals surface area contributed by atoms with Crippen molar-refractivity contribution in [3.8, 4) is 5.75 Å². The number of benzene rings is 2. The maximum Gasteiger partial charge on any atom is 0.573 e. The van der Waals surface area contributed by atoms with Gasteiger partial charge in [0.05, 0.1) is 12.2 Å². The highest BCUT2D eigenvalue weighted by molar-refractivity contribution is 5.93. The Hall–Kier alpha value is -2.77. The van der Waals surface area contributed by atoms with Gasteiger partial charge in [-0.1, -0.05) is 30.3 Å². The predicted molar refractivity (Wildman–Crippen MR) is 78.5 cm³/mol. The average Bonchev–Trinajstić information content (AvgIpc) is 2.47. The number of rotatable bonds is 4. The van der Waals surface area contributed by atoms with Crippen molar-refractivity contribution in [2.45, 2.75) is 12.9 Å². The Morgan fingerprint density at radius 3 is 2.43 bits per heavy atom. The van der Waals surface area contributed by atoms with Gasteiger partial charge in [-0.2, -0.15) is 0 Å². The van der Waals surface area contributed by atoms with Crippen LogP contribution in [0.3, 0.4) is 0 Å². The minimum atomic E-state index is -4.82. The molecule has 0 unspecified atom stereocenters. The summed E-state index contributed by atoms with van der Waals surface area (Å²) in [5, 5.41) is 2.50. The number of halogens is 4. The van der Waals surface area contributed by atoms with Crippen LogP contribution in [0.4, 0.5) is 23.2 Å². The van der Waals surface area contributed by atoms with Crippen LogP contribution in [0.5, 0.6) is 5.75 Å². The molecule has 2 aromatic rings. The van der Waals surface area contributed by atoms with Crippen molar-refractivity contribution in [2.75, 3.05) is 5.32 Å². The zero-order valence-electron chi connectivity index (χ0n) is 11.8. The standard InChI is InChI=1S/C15H13F4N3O/c16-11-6-2-1-5-10(11)9-21-14(20)22-12-7-3-4-8-13(12)23-15(17,18)19/h1-8H,9H2,(H3,20,21,22). The van der Waals surface area contributed by atoms with Gasteiger partial charge in [-0.25, -0.2) is 9.38 Å². The lowest BCUT2D eigenvalue weighted by atomic mass is 10.2. The van der Waals surface area contributed by atoms with E-state index in [1.54, 1.807) is 6.07 Å². The van der Waals surface area contributed by atoms with Crippen molar-refractivity contribution >= 4 is 11.6 Å². The second-order valence-corrected chi connectivity index (χ2v) is 4.46. The molecule has 0 atom stereocenters. The number of aliphatic imine (C=N–C) groups is 1. The first kappa shape index (κ1) is 16.6. The number of hydrogen-bond acceptors (Lipinski definition) is 2. The molecule has 0 aromatic heterocycles. The van der Waals surface area contributed by atoms with Gasteiger partial charge < -0.3 is 15.8 Å². The van der Waals surface area contributed by atoms with E-state index >= 15 is 0 Å². The molecule has 0 aliphatic carbocycles. The first-order valence-electron chi connectivity index (χ1n) is 6.50. The van der Waals surface area contributed by atoms with Crippen molar-refractivity contribution < 1.29 is 22.3 Å². The lowest BCUT2D eigenvalue weighted by Crippen LogP contribution is -2.24. The summed E-state index contributed by atoms with van der Waals surface area (Å²) in [6.07, 6.45) is -4.82. The Bertz CT molecular complexity index is 701. The second kappa shape index (κ2) is 6.99. The van der Waals surface area contributed by atoms with Crippen molar-refractivity contribution in [1.29, 1.82) is 0 Å². The van der Waals surface area contributed by atoms with Crippen LogP contribution in [0, 0.1) is 5.82 Å². The summed E-state index contributed by atoms with van der Waals surface area (Å²) in [6, 6.07) is 11.4. The molecule has 0 radical (unpaired) electrons. The fourth-order valence-corrected chi connectivity index (χ4v) is 1.76. The number of nitrogens with zero attached hydrogens (tertiary/aromatic N) is 1. The van der Waals surface area contributed by atoms with Gasteiger partial charge in [-0.05, 0) is 18.2 Å². The number of nitrogens with one attached hydrogen (secondary N) is 1. The molecule has 2 rings (SSSR count). The highest BCUT2D eigenvalue weighted by atomic mass is 19.4. The van der Waals surface area contributed by atoms with Crippen LogP contribution in [0.25, 0.3) is 0 Å². The Morgan fingerprint density at radius 1 is 1.09 bits per heavy atom.